The molecule has 0 spiro atoms. The topological polar surface area (TPSA) is 42.9 Å². The summed E-state index contributed by atoms with van der Waals surface area (Å²) in [6.45, 7) is 0. The third-order valence-corrected chi connectivity index (χ3v) is 2.82. The Morgan fingerprint density at radius 3 is 2.92 bits per heavy atom. The normalized spacial score (nSPS) is 10.0. The lowest BCUT2D eigenvalue weighted by atomic mass is 10.5. The molecule has 0 aromatic carbocycles. The highest BCUT2D eigenvalue weighted by Crippen LogP contribution is 2.23. The molecule has 0 radical (unpaired) electrons. The summed E-state index contributed by atoms with van der Waals surface area (Å²) in [5.41, 5.74) is 2.59. The summed E-state index contributed by atoms with van der Waals surface area (Å²) in [5.74, 6) is 0. The van der Waals surface area contributed by atoms with Gasteiger partial charge in [-0.15, -0.1) is 22.7 Å². The Balaban J connectivity index is 2.41. The molecule has 0 aliphatic carbocycles. The molecule has 5 heteroatoms. The number of carbonyl (C=O) groups excluding carboxylic acids is 1. The van der Waals surface area contributed by atoms with Crippen LogP contribution in [-0.4, -0.2) is 16.3 Å². The van der Waals surface area contributed by atoms with Gasteiger partial charge >= 0.3 is 0 Å². The molecule has 0 aliphatic rings. The van der Waals surface area contributed by atoms with Crippen molar-refractivity contribution in [3.8, 4) is 10.7 Å². The molecule has 0 amide bonds. The van der Waals surface area contributed by atoms with E-state index in [-0.39, 0.29) is 0 Å². The number of thiazole rings is 2. The fraction of sp³-hybridized carbons (Fsp3) is 0. The molecule has 0 unspecified atom stereocenters. The zero-order valence-electron chi connectivity index (χ0n) is 5.93. The van der Waals surface area contributed by atoms with Crippen molar-refractivity contribution >= 4 is 29.0 Å². The SMILES string of the molecule is O=Cc1cnc(-c2cscn2)s1. The first kappa shape index (κ1) is 7.57. The number of aldehydes is 1. The summed E-state index contributed by atoms with van der Waals surface area (Å²) in [6.07, 6.45) is 2.36. The average Bonchev–Trinajstić information content (AvgIpc) is 2.75. The van der Waals surface area contributed by atoms with Crippen LogP contribution in [0.1, 0.15) is 9.67 Å². The van der Waals surface area contributed by atoms with Gasteiger partial charge in [-0.05, 0) is 0 Å². The third-order valence-electron chi connectivity index (χ3n) is 1.29. The van der Waals surface area contributed by atoms with Gasteiger partial charge in [-0.2, -0.15) is 0 Å². The summed E-state index contributed by atoms with van der Waals surface area (Å²) < 4.78 is 0. The van der Waals surface area contributed by atoms with Crippen molar-refractivity contribution in [2.24, 2.45) is 0 Å². The molecule has 2 aromatic heterocycles. The average molecular weight is 196 g/mol. The highest BCUT2D eigenvalue weighted by Gasteiger charge is 2.04. The van der Waals surface area contributed by atoms with E-state index in [1.54, 1.807) is 11.7 Å². The number of nitrogens with zero attached hydrogens (tertiary/aromatic N) is 2. The molecule has 3 nitrogen and oxygen atoms in total. The molecule has 0 atom stereocenters. The molecule has 0 aliphatic heterocycles. The summed E-state index contributed by atoms with van der Waals surface area (Å²) in [6, 6.07) is 0. The van der Waals surface area contributed by atoms with Crippen LogP contribution in [0.3, 0.4) is 0 Å². The standard InChI is InChI=1S/C7H4N2OS2/c10-2-5-1-8-7(12-5)6-3-11-4-9-6/h1-4H. The number of hydrogen-bond donors (Lipinski definition) is 0. The molecule has 2 rings (SSSR count). The van der Waals surface area contributed by atoms with E-state index < -0.39 is 0 Å². The van der Waals surface area contributed by atoms with E-state index in [9.17, 15) is 4.79 Å². The van der Waals surface area contributed by atoms with E-state index in [1.807, 2.05) is 5.38 Å². The Bertz CT molecular complexity index is 380. The predicted molar refractivity (Wildman–Crippen MR) is 48.6 cm³/mol. The zero-order valence-corrected chi connectivity index (χ0v) is 7.56. The Labute approximate surface area is 76.7 Å². The van der Waals surface area contributed by atoms with Gasteiger partial charge in [0.05, 0.1) is 10.4 Å². The van der Waals surface area contributed by atoms with Gasteiger partial charge in [0.1, 0.15) is 10.7 Å². The van der Waals surface area contributed by atoms with Gasteiger partial charge in [-0.1, -0.05) is 0 Å². The van der Waals surface area contributed by atoms with Gasteiger partial charge < -0.3 is 0 Å². The first-order valence-electron chi connectivity index (χ1n) is 3.19. The maximum absolute atomic E-state index is 10.3. The first-order chi connectivity index (χ1) is 5.90. The smallest absolute Gasteiger partial charge is 0.161 e. The quantitative estimate of drug-likeness (QED) is 0.691. The molecule has 12 heavy (non-hydrogen) atoms. The van der Waals surface area contributed by atoms with Crippen LogP contribution in [0, 0.1) is 0 Å². The largest absolute Gasteiger partial charge is 0.297 e. The molecule has 0 bridgehead atoms. The van der Waals surface area contributed by atoms with Crippen LogP contribution >= 0.6 is 22.7 Å². The van der Waals surface area contributed by atoms with Crippen LogP contribution in [0.25, 0.3) is 10.7 Å². The fourth-order valence-electron chi connectivity index (χ4n) is 0.778. The summed E-state index contributed by atoms with van der Waals surface area (Å²) in [5, 5.41) is 2.71. The number of hydrogen-bond acceptors (Lipinski definition) is 5. The summed E-state index contributed by atoms with van der Waals surface area (Å²) in [4.78, 5) is 19.1. The number of rotatable bonds is 2. The molecule has 0 saturated carbocycles. The van der Waals surface area contributed by atoms with E-state index >= 15 is 0 Å². The Hall–Kier alpha value is -1.07. The van der Waals surface area contributed by atoms with Crippen LogP contribution in [-0.2, 0) is 0 Å². The second-order valence-electron chi connectivity index (χ2n) is 2.06. The van der Waals surface area contributed by atoms with E-state index in [0.29, 0.717) is 4.88 Å². The fourth-order valence-corrected chi connectivity index (χ4v) is 2.09. The maximum atomic E-state index is 10.3. The lowest BCUT2D eigenvalue weighted by Crippen LogP contribution is -1.70. The highest BCUT2D eigenvalue weighted by molar-refractivity contribution is 7.16. The van der Waals surface area contributed by atoms with Crippen molar-refractivity contribution < 1.29 is 4.79 Å². The van der Waals surface area contributed by atoms with Crippen LogP contribution in [0.4, 0.5) is 0 Å². The van der Waals surface area contributed by atoms with Crippen molar-refractivity contribution in [1.82, 2.24) is 9.97 Å². The van der Waals surface area contributed by atoms with Crippen LogP contribution in [0.15, 0.2) is 17.1 Å². The molecule has 0 saturated heterocycles. The van der Waals surface area contributed by atoms with Crippen molar-refractivity contribution in [1.29, 1.82) is 0 Å². The van der Waals surface area contributed by atoms with E-state index in [4.69, 9.17) is 0 Å². The van der Waals surface area contributed by atoms with E-state index in [2.05, 4.69) is 9.97 Å². The van der Waals surface area contributed by atoms with E-state index in [0.717, 1.165) is 17.0 Å². The summed E-state index contributed by atoms with van der Waals surface area (Å²) in [7, 11) is 0. The third kappa shape index (κ3) is 1.28. The van der Waals surface area contributed by atoms with E-state index in [1.165, 1.54) is 22.7 Å². The van der Waals surface area contributed by atoms with Crippen molar-refractivity contribution in [3.05, 3.63) is 22.0 Å². The first-order valence-corrected chi connectivity index (χ1v) is 4.95. The maximum Gasteiger partial charge on any atom is 0.161 e. The Kier molecular flexibility index (Phi) is 1.97. The molecule has 0 N–H and O–H groups in total. The lowest BCUT2D eigenvalue weighted by molar-refractivity contribution is 0.112. The molecule has 60 valence electrons. The Morgan fingerprint density at radius 1 is 1.42 bits per heavy atom. The van der Waals surface area contributed by atoms with Crippen molar-refractivity contribution in [3.63, 3.8) is 0 Å². The van der Waals surface area contributed by atoms with Gasteiger partial charge in [-0.25, -0.2) is 9.97 Å². The lowest BCUT2D eigenvalue weighted by Gasteiger charge is -1.82. The van der Waals surface area contributed by atoms with Crippen LogP contribution in [0.2, 0.25) is 0 Å². The molecule has 2 aromatic rings. The molecule has 2 heterocycles. The van der Waals surface area contributed by atoms with Crippen LogP contribution in [0.5, 0.6) is 0 Å². The minimum atomic E-state index is 0.637. The highest BCUT2D eigenvalue weighted by atomic mass is 32.1. The van der Waals surface area contributed by atoms with Gasteiger partial charge in [0.2, 0.25) is 0 Å². The minimum absolute atomic E-state index is 0.637. The predicted octanol–water partition coefficient (Wildman–Crippen LogP) is 2.08. The second kappa shape index (κ2) is 3.12. The minimum Gasteiger partial charge on any atom is -0.297 e. The van der Waals surface area contributed by atoms with Gasteiger partial charge in [0.25, 0.3) is 0 Å². The van der Waals surface area contributed by atoms with Crippen molar-refractivity contribution in [2.45, 2.75) is 0 Å². The van der Waals surface area contributed by atoms with Gasteiger partial charge in [0.15, 0.2) is 6.29 Å². The zero-order chi connectivity index (χ0) is 8.39. The molecule has 0 fully saturated rings. The van der Waals surface area contributed by atoms with Gasteiger partial charge in [0, 0.05) is 11.6 Å². The monoisotopic (exact) mass is 196 g/mol. The number of aromatic nitrogens is 2. The molecular formula is C7H4N2OS2. The van der Waals surface area contributed by atoms with Crippen molar-refractivity contribution in [2.75, 3.05) is 0 Å². The van der Waals surface area contributed by atoms with Gasteiger partial charge in [-0.3, -0.25) is 4.79 Å². The molecular weight excluding hydrogens is 192 g/mol. The number of carbonyl (C=O) groups is 1. The summed E-state index contributed by atoms with van der Waals surface area (Å²) >= 11 is 2.87. The second-order valence-corrected chi connectivity index (χ2v) is 3.84. The van der Waals surface area contributed by atoms with Crippen LogP contribution < -0.4 is 0 Å². The Morgan fingerprint density at radius 2 is 2.33 bits per heavy atom.